The minimum absolute atomic E-state index is 0.248. The maximum atomic E-state index is 13.8. The van der Waals surface area contributed by atoms with Crippen molar-refractivity contribution in [1.82, 2.24) is 5.01 Å². The maximum Gasteiger partial charge on any atom is 0.240 e. The van der Waals surface area contributed by atoms with Gasteiger partial charge >= 0.3 is 0 Å². The number of benzene rings is 3. The maximum absolute atomic E-state index is 13.8. The molecule has 3 aliphatic heterocycles. The molecule has 0 aliphatic carbocycles. The molecule has 8 heteroatoms. The van der Waals surface area contributed by atoms with Crippen LogP contribution in [0.2, 0.25) is 10.0 Å². The van der Waals surface area contributed by atoms with Crippen LogP contribution >= 0.6 is 23.2 Å². The molecular weight excluding hydrogens is 473 g/mol. The first-order valence-corrected chi connectivity index (χ1v) is 11.6. The fraction of sp³-hybridized carbons (Fsp3) is 0.154. The van der Waals surface area contributed by atoms with Crippen molar-refractivity contribution in [3.8, 4) is 0 Å². The Morgan fingerprint density at radius 3 is 2.21 bits per heavy atom. The second-order valence-corrected chi connectivity index (χ2v) is 9.44. The molecule has 6 nitrogen and oxygen atoms in total. The number of nitrogens with zero attached hydrogens (tertiary/aromatic N) is 3. The van der Waals surface area contributed by atoms with Crippen LogP contribution in [0.15, 0.2) is 77.9 Å². The Morgan fingerprint density at radius 2 is 1.47 bits per heavy atom. The third-order valence-corrected chi connectivity index (χ3v) is 7.16. The number of amides is 2. The number of carbonyl (C=O) groups is 3. The molecule has 2 amide bonds. The first kappa shape index (κ1) is 21.1. The van der Waals surface area contributed by atoms with Gasteiger partial charge in [-0.1, -0.05) is 77.8 Å². The molecule has 168 valence electrons. The fourth-order valence-corrected chi connectivity index (χ4v) is 5.88. The topological polar surface area (TPSA) is 70.0 Å². The van der Waals surface area contributed by atoms with Gasteiger partial charge in [-0.25, -0.2) is 4.90 Å². The van der Waals surface area contributed by atoms with E-state index in [1.807, 2.05) is 30.3 Å². The van der Waals surface area contributed by atoms with Gasteiger partial charge in [0.2, 0.25) is 11.8 Å². The Balaban J connectivity index is 1.51. The average Bonchev–Trinajstić information content (AvgIpc) is 3.31. The summed E-state index contributed by atoms with van der Waals surface area (Å²) in [5, 5.41) is 6.83. The normalized spacial score (nSPS) is 24.8. The lowest BCUT2D eigenvalue weighted by Gasteiger charge is -2.33. The minimum Gasteiger partial charge on any atom is -0.292 e. The molecule has 4 atom stereocenters. The van der Waals surface area contributed by atoms with Crippen LogP contribution in [0.3, 0.4) is 0 Å². The SMILES string of the molecule is O=C(c1ccccc1)C1C2C(=O)N(c3cc(Cl)cc(Cl)c3)C(=O)C2C2c3ccccc3C=NN12. The van der Waals surface area contributed by atoms with Gasteiger partial charge in [0.05, 0.1) is 29.8 Å². The highest BCUT2D eigenvalue weighted by molar-refractivity contribution is 6.36. The van der Waals surface area contributed by atoms with E-state index in [0.29, 0.717) is 21.3 Å². The minimum atomic E-state index is -0.918. The molecule has 0 saturated carbocycles. The number of Topliss-reactive ketones (excluding diaryl/α,β-unsaturated/α-hetero) is 1. The van der Waals surface area contributed by atoms with E-state index in [-0.39, 0.29) is 5.78 Å². The molecule has 3 aromatic rings. The summed E-state index contributed by atoms with van der Waals surface area (Å²) in [5.41, 5.74) is 2.49. The van der Waals surface area contributed by atoms with E-state index < -0.39 is 35.7 Å². The van der Waals surface area contributed by atoms with Gasteiger partial charge in [0.1, 0.15) is 6.04 Å². The van der Waals surface area contributed by atoms with Gasteiger partial charge in [0, 0.05) is 15.6 Å². The van der Waals surface area contributed by atoms with Crippen LogP contribution in [0, 0.1) is 11.8 Å². The van der Waals surface area contributed by atoms with Crippen LogP contribution in [0.4, 0.5) is 5.69 Å². The van der Waals surface area contributed by atoms with E-state index in [1.165, 1.54) is 18.2 Å². The molecule has 34 heavy (non-hydrogen) atoms. The highest BCUT2D eigenvalue weighted by Gasteiger charge is 2.65. The van der Waals surface area contributed by atoms with Crippen molar-refractivity contribution in [2.24, 2.45) is 16.9 Å². The van der Waals surface area contributed by atoms with Crippen molar-refractivity contribution in [3.05, 3.63) is 99.5 Å². The smallest absolute Gasteiger partial charge is 0.240 e. The third-order valence-electron chi connectivity index (χ3n) is 6.73. The quantitative estimate of drug-likeness (QED) is 0.393. The van der Waals surface area contributed by atoms with Crippen LogP contribution in [-0.4, -0.2) is 34.9 Å². The lowest BCUT2D eigenvalue weighted by atomic mass is 9.83. The van der Waals surface area contributed by atoms with Gasteiger partial charge in [0.15, 0.2) is 5.78 Å². The highest BCUT2D eigenvalue weighted by atomic mass is 35.5. The summed E-state index contributed by atoms with van der Waals surface area (Å²) in [4.78, 5) is 42.5. The molecule has 3 heterocycles. The second-order valence-electron chi connectivity index (χ2n) is 8.56. The summed E-state index contributed by atoms with van der Waals surface area (Å²) in [7, 11) is 0. The molecule has 3 aliphatic rings. The average molecular weight is 490 g/mol. The molecule has 6 rings (SSSR count). The van der Waals surface area contributed by atoms with Gasteiger partial charge in [0.25, 0.3) is 0 Å². The molecule has 0 N–H and O–H groups in total. The molecule has 0 aromatic heterocycles. The number of rotatable bonds is 3. The van der Waals surface area contributed by atoms with Crippen molar-refractivity contribution >= 4 is 52.7 Å². The van der Waals surface area contributed by atoms with E-state index in [4.69, 9.17) is 23.2 Å². The molecule has 0 radical (unpaired) electrons. The van der Waals surface area contributed by atoms with Crippen molar-refractivity contribution < 1.29 is 14.4 Å². The number of ketones is 1. The van der Waals surface area contributed by atoms with Gasteiger partial charge in [-0.2, -0.15) is 5.10 Å². The third kappa shape index (κ3) is 3.02. The number of hydrogen-bond acceptors (Lipinski definition) is 5. The highest BCUT2D eigenvalue weighted by Crippen LogP contribution is 2.53. The van der Waals surface area contributed by atoms with E-state index in [2.05, 4.69) is 5.10 Å². The van der Waals surface area contributed by atoms with Crippen LogP contribution in [-0.2, 0) is 9.59 Å². The Kier molecular flexibility index (Phi) is 4.83. The molecule has 0 bridgehead atoms. The zero-order valence-electron chi connectivity index (χ0n) is 17.6. The zero-order valence-corrected chi connectivity index (χ0v) is 19.1. The Labute approximate surface area is 205 Å². The largest absolute Gasteiger partial charge is 0.292 e. The Hall–Kier alpha value is -3.48. The predicted molar refractivity (Wildman–Crippen MR) is 129 cm³/mol. The number of carbonyl (C=O) groups excluding carboxylic acids is 3. The molecule has 2 saturated heterocycles. The second kappa shape index (κ2) is 7.79. The molecule has 0 spiro atoms. The summed E-state index contributed by atoms with van der Waals surface area (Å²) in [6, 6.07) is 19.5. The van der Waals surface area contributed by atoms with E-state index in [1.54, 1.807) is 35.5 Å². The van der Waals surface area contributed by atoms with Crippen LogP contribution in [0.1, 0.15) is 27.5 Å². The number of hydrogen-bond donors (Lipinski definition) is 0. The van der Waals surface area contributed by atoms with Gasteiger partial charge in [-0.15, -0.1) is 0 Å². The van der Waals surface area contributed by atoms with E-state index in [0.717, 1.165) is 16.0 Å². The summed E-state index contributed by atoms with van der Waals surface area (Å²) in [6.45, 7) is 0. The summed E-state index contributed by atoms with van der Waals surface area (Å²) in [5.74, 6) is -2.77. The van der Waals surface area contributed by atoms with Gasteiger partial charge in [-0.3, -0.25) is 19.4 Å². The Bertz CT molecular complexity index is 1370. The van der Waals surface area contributed by atoms with Crippen molar-refractivity contribution in [2.75, 3.05) is 4.90 Å². The van der Waals surface area contributed by atoms with Crippen LogP contribution in [0.5, 0.6) is 0 Å². The lowest BCUT2D eigenvalue weighted by Crippen LogP contribution is -2.44. The Morgan fingerprint density at radius 1 is 0.824 bits per heavy atom. The zero-order chi connectivity index (χ0) is 23.6. The number of hydrazone groups is 1. The fourth-order valence-electron chi connectivity index (χ4n) is 5.36. The van der Waals surface area contributed by atoms with Gasteiger partial charge in [-0.05, 0) is 29.3 Å². The summed E-state index contributed by atoms with van der Waals surface area (Å²) >= 11 is 12.3. The van der Waals surface area contributed by atoms with Crippen LogP contribution < -0.4 is 4.90 Å². The standard InChI is InChI=1S/C26H17Cl2N3O3/c27-16-10-17(28)12-18(11-16)30-25(33)20-21(26(30)34)23(24(32)14-6-2-1-3-7-14)31-22(20)19-9-5-4-8-15(19)13-29-31/h1-13,20-23H. The van der Waals surface area contributed by atoms with Crippen molar-refractivity contribution in [1.29, 1.82) is 0 Å². The first-order chi connectivity index (χ1) is 16.5. The van der Waals surface area contributed by atoms with E-state index in [9.17, 15) is 14.4 Å². The molecular formula is C26H17Cl2N3O3. The lowest BCUT2D eigenvalue weighted by molar-refractivity contribution is -0.124. The van der Waals surface area contributed by atoms with Crippen molar-refractivity contribution in [2.45, 2.75) is 12.1 Å². The monoisotopic (exact) mass is 489 g/mol. The first-order valence-electron chi connectivity index (χ1n) is 10.8. The van der Waals surface area contributed by atoms with E-state index >= 15 is 0 Å². The van der Waals surface area contributed by atoms with Gasteiger partial charge < -0.3 is 0 Å². The number of imide groups is 1. The summed E-state index contributed by atoms with van der Waals surface area (Å²) < 4.78 is 0. The van der Waals surface area contributed by atoms with Crippen LogP contribution in [0.25, 0.3) is 0 Å². The van der Waals surface area contributed by atoms with Crippen molar-refractivity contribution in [3.63, 3.8) is 0 Å². The predicted octanol–water partition coefficient (Wildman–Crippen LogP) is 4.75. The molecule has 3 aromatic carbocycles. The number of halogens is 2. The molecule has 4 unspecified atom stereocenters. The number of anilines is 1. The molecule has 2 fully saturated rings. The summed E-state index contributed by atoms with van der Waals surface area (Å²) in [6.07, 6.45) is 1.68. The number of fused-ring (bicyclic) bond motifs is 5.